The first-order chi connectivity index (χ1) is 12.4. The van der Waals surface area contributed by atoms with E-state index in [4.69, 9.17) is 16.3 Å². The zero-order valence-corrected chi connectivity index (χ0v) is 15.9. The molecule has 26 heavy (non-hydrogen) atoms. The first-order valence-corrected chi connectivity index (χ1v) is 8.73. The van der Waals surface area contributed by atoms with Gasteiger partial charge in [0.2, 0.25) is 11.8 Å². The number of benzene rings is 2. The fraction of sp³-hybridized carbons (Fsp3) is 0.300. The highest BCUT2D eigenvalue weighted by atomic mass is 35.5. The maximum Gasteiger partial charge on any atom is 0.233 e. The minimum absolute atomic E-state index is 0.248. The number of halogens is 1. The summed E-state index contributed by atoms with van der Waals surface area (Å²) < 4.78 is 5.17. The first kappa shape index (κ1) is 19.8. The van der Waals surface area contributed by atoms with Gasteiger partial charge < -0.3 is 15.4 Å². The zero-order chi connectivity index (χ0) is 19.1. The Morgan fingerprint density at radius 1 is 1.12 bits per heavy atom. The van der Waals surface area contributed by atoms with Crippen LogP contribution in [-0.4, -0.2) is 25.5 Å². The summed E-state index contributed by atoms with van der Waals surface area (Å²) in [7, 11) is 1.61. The van der Waals surface area contributed by atoms with Crippen molar-refractivity contribution < 1.29 is 14.3 Å². The van der Waals surface area contributed by atoms with Gasteiger partial charge in [0.25, 0.3) is 0 Å². The molecule has 0 bridgehead atoms. The van der Waals surface area contributed by atoms with Crippen molar-refractivity contribution >= 4 is 29.1 Å². The Bertz CT molecular complexity index is 782. The molecule has 138 valence electrons. The van der Waals surface area contributed by atoms with Crippen molar-refractivity contribution in [3.05, 3.63) is 58.1 Å². The number of methoxy groups -OCH3 is 1. The molecule has 2 rings (SSSR count). The molecular formula is C20H23ClN2O3. The summed E-state index contributed by atoms with van der Waals surface area (Å²) in [4.78, 5) is 24.0. The summed E-state index contributed by atoms with van der Waals surface area (Å²) in [5.74, 6) is 0.0579. The maximum absolute atomic E-state index is 12.1. The quantitative estimate of drug-likeness (QED) is 0.727. The fourth-order valence-corrected chi connectivity index (χ4v) is 3.01. The topological polar surface area (TPSA) is 67.4 Å². The Labute approximate surface area is 158 Å². The fourth-order valence-electron chi connectivity index (χ4n) is 2.64. The van der Waals surface area contributed by atoms with Gasteiger partial charge in [0.15, 0.2) is 0 Å². The molecule has 0 radical (unpaired) electrons. The van der Waals surface area contributed by atoms with Crippen LogP contribution >= 0.6 is 11.6 Å². The average Bonchev–Trinajstić information content (AvgIpc) is 2.58. The molecule has 2 amide bonds. The summed E-state index contributed by atoms with van der Waals surface area (Å²) >= 11 is 6.17. The van der Waals surface area contributed by atoms with Crippen LogP contribution in [0.5, 0.6) is 5.75 Å². The molecule has 0 aliphatic rings. The van der Waals surface area contributed by atoms with Crippen LogP contribution in [0.15, 0.2) is 36.4 Å². The number of aryl methyl sites for hydroxylation is 2. The number of amides is 2. The SMILES string of the molecule is COc1cccc(CCNC(=O)CC(=O)Nc2c(C)cc(C)cc2Cl)c1. The lowest BCUT2D eigenvalue weighted by atomic mass is 10.1. The van der Waals surface area contributed by atoms with Crippen molar-refractivity contribution in [2.75, 3.05) is 19.0 Å². The monoisotopic (exact) mass is 374 g/mol. The number of rotatable bonds is 7. The summed E-state index contributed by atoms with van der Waals surface area (Å²) in [5, 5.41) is 5.93. The van der Waals surface area contributed by atoms with Crippen LogP contribution in [0.2, 0.25) is 5.02 Å². The van der Waals surface area contributed by atoms with Crippen LogP contribution in [0.4, 0.5) is 5.69 Å². The van der Waals surface area contributed by atoms with E-state index in [-0.39, 0.29) is 12.3 Å². The highest BCUT2D eigenvalue weighted by Gasteiger charge is 2.13. The number of ether oxygens (including phenoxy) is 1. The highest BCUT2D eigenvalue weighted by Crippen LogP contribution is 2.27. The Hall–Kier alpha value is -2.53. The third-order valence-corrected chi connectivity index (χ3v) is 4.19. The Balaban J connectivity index is 1.81. The van der Waals surface area contributed by atoms with Gasteiger partial charge in [0.1, 0.15) is 12.2 Å². The molecule has 2 aromatic rings. The molecular weight excluding hydrogens is 352 g/mol. The van der Waals surface area contributed by atoms with E-state index in [1.807, 2.05) is 44.2 Å². The summed E-state index contributed by atoms with van der Waals surface area (Å²) in [5.41, 5.74) is 3.48. The van der Waals surface area contributed by atoms with Crippen LogP contribution in [0.25, 0.3) is 0 Å². The molecule has 0 atom stereocenters. The van der Waals surface area contributed by atoms with Crippen LogP contribution in [0.3, 0.4) is 0 Å². The van der Waals surface area contributed by atoms with Gasteiger partial charge in [-0.15, -0.1) is 0 Å². The van der Waals surface area contributed by atoms with Crippen molar-refractivity contribution in [1.29, 1.82) is 0 Å². The van der Waals surface area contributed by atoms with Crippen molar-refractivity contribution in [2.24, 2.45) is 0 Å². The molecule has 0 heterocycles. The van der Waals surface area contributed by atoms with Crippen LogP contribution in [0.1, 0.15) is 23.1 Å². The van der Waals surface area contributed by atoms with Gasteiger partial charge in [-0.25, -0.2) is 0 Å². The third kappa shape index (κ3) is 5.77. The minimum atomic E-state index is -0.391. The molecule has 0 saturated carbocycles. The number of carbonyl (C=O) groups excluding carboxylic acids is 2. The molecule has 0 spiro atoms. The van der Waals surface area contributed by atoms with Crippen molar-refractivity contribution in [3.63, 3.8) is 0 Å². The van der Waals surface area contributed by atoms with E-state index >= 15 is 0 Å². The van der Waals surface area contributed by atoms with Crippen LogP contribution in [0, 0.1) is 13.8 Å². The number of hydrogen-bond acceptors (Lipinski definition) is 3. The molecule has 0 saturated heterocycles. The second kappa shape index (κ2) is 9.25. The lowest BCUT2D eigenvalue weighted by molar-refractivity contribution is -0.126. The Kier molecular flexibility index (Phi) is 7.04. The second-order valence-corrected chi connectivity index (χ2v) is 6.52. The molecule has 2 N–H and O–H groups in total. The van der Waals surface area contributed by atoms with Gasteiger partial charge in [-0.1, -0.05) is 29.8 Å². The van der Waals surface area contributed by atoms with E-state index in [0.717, 1.165) is 22.4 Å². The molecule has 0 aliphatic heterocycles. The normalized spacial score (nSPS) is 10.3. The van der Waals surface area contributed by atoms with Crippen molar-refractivity contribution in [2.45, 2.75) is 26.7 Å². The van der Waals surface area contributed by atoms with Crippen LogP contribution in [-0.2, 0) is 16.0 Å². The smallest absolute Gasteiger partial charge is 0.233 e. The maximum atomic E-state index is 12.1. The Morgan fingerprint density at radius 2 is 1.88 bits per heavy atom. The summed E-state index contributed by atoms with van der Waals surface area (Å²) in [6.07, 6.45) is 0.412. The van der Waals surface area contributed by atoms with Crippen LogP contribution < -0.4 is 15.4 Å². The molecule has 0 aliphatic carbocycles. The van der Waals surface area contributed by atoms with Gasteiger partial charge in [-0.2, -0.15) is 0 Å². The molecule has 0 unspecified atom stereocenters. The van der Waals surface area contributed by atoms with E-state index in [2.05, 4.69) is 10.6 Å². The number of anilines is 1. The second-order valence-electron chi connectivity index (χ2n) is 6.12. The molecule has 5 nitrogen and oxygen atoms in total. The largest absolute Gasteiger partial charge is 0.497 e. The van der Waals surface area contributed by atoms with Crippen molar-refractivity contribution in [1.82, 2.24) is 5.32 Å². The molecule has 2 aromatic carbocycles. The van der Waals surface area contributed by atoms with E-state index in [0.29, 0.717) is 23.7 Å². The van der Waals surface area contributed by atoms with Gasteiger partial charge >= 0.3 is 0 Å². The lowest BCUT2D eigenvalue weighted by Gasteiger charge is -2.12. The van der Waals surface area contributed by atoms with Gasteiger partial charge in [-0.3, -0.25) is 9.59 Å². The van der Waals surface area contributed by atoms with E-state index < -0.39 is 5.91 Å². The molecule has 0 fully saturated rings. The van der Waals surface area contributed by atoms with Gasteiger partial charge in [0.05, 0.1) is 17.8 Å². The minimum Gasteiger partial charge on any atom is -0.497 e. The van der Waals surface area contributed by atoms with E-state index in [9.17, 15) is 9.59 Å². The predicted octanol–water partition coefficient (Wildman–Crippen LogP) is 3.65. The van der Waals surface area contributed by atoms with Gasteiger partial charge in [0, 0.05) is 6.54 Å². The first-order valence-electron chi connectivity index (χ1n) is 8.35. The number of carbonyl (C=O) groups is 2. The predicted molar refractivity (Wildman–Crippen MR) is 104 cm³/mol. The van der Waals surface area contributed by atoms with Crippen molar-refractivity contribution in [3.8, 4) is 5.75 Å². The Morgan fingerprint density at radius 3 is 2.58 bits per heavy atom. The average molecular weight is 375 g/mol. The third-order valence-electron chi connectivity index (χ3n) is 3.89. The highest BCUT2D eigenvalue weighted by molar-refractivity contribution is 6.34. The number of hydrogen-bond donors (Lipinski definition) is 2. The standard InChI is InChI=1S/C20H23ClN2O3/c1-13-9-14(2)20(17(21)10-13)23-19(25)12-18(24)22-8-7-15-5-4-6-16(11-15)26-3/h4-6,9-11H,7-8,12H2,1-3H3,(H,22,24)(H,23,25). The van der Waals surface area contributed by atoms with Gasteiger partial charge in [-0.05, 0) is 55.2 Å². The summed E-state index contributed by atoms with van der Waals surface area (Å²) in [6.45, 7) is 4.24. The molecule has 0 aromatic heterocycles. The number of nitrogens with one attached hydrogen (secondary N) is 2. The lowest BCUT2D eigenvalue weighted by Crippen LogP contribution is -2.29. The molecule has 6 heteroatoms. The zero-order valence-electron chi connectivity index (χ0n) is 15.2. The van der Waals surface area contributed by atoms with E-state index in [1.54, 1.807) is 13.2 Å². The summed E-state index contributed by atoms with van der Waals surface area (Å²) in [6, 6.07) is 11.3. The van der Waals surface area contributed by atoms with E-state index in [1.165, 1.54) is 0 Å².